The molecule has 0 spiro atoms. The Morgan fingerprint density at radius 3 is 2.67 bits per heavy atom. The highest BCUT2D eigenvalue weighted by atomic mass is 32.1. The monoisotopic (exact) mass is 294 g/mol. The van der Waals surface area contributed by atoms with E-state index in [-0.39, 0.29) is 0 Å². The quantitative estimate of drug-likeness (QED) is 0.614. The minimum atomic E-state index is 0.491. The molecule has 0 unspecified atom stereocenters. The van der Waals surface area contributed by atoms with Gasteiger partial charge >= 0.3 is 0 Å². The van der Waals surface area contributed by atoms with E-state index in [0.29, 0.717) is 5.82 Å². The molecular formula is C14H10N6S. The van der Waals surface area contributed by atoms with Crippen molar-refractivity contribution >= 4 is 22.8 Å². The van der Waals surface area contributed by atoms with Gasteiger partial charge in [0.15, 0.2) is 5.65 Å². The average Bonchev–Trinajstić information content (AvgIpc) is 3.16. The van der Waals surface area contributed by atoms with Crippen LogP contribution in [0.3, 0.4) is 0 Å². The van der Waals surface area contributed by atoms with Crippen molar-refractivity contribution in [2.24, 2.45) is 0 Å². The largest absolute Gasteiger partial charge is 0.384 e. The number of aromatic nitrogens is 5. The molecule has 0 saturated heterocycles. The number of fused-ring (bicyclic) bond motifs is 1. The van der Waals surface area contributed by atoms with Crippen molar-refractivity contribution in [2.75, 3.05) is 5.73 Å². The molecule has 6 nitrogen and oxygen atoms in total. The summed E-state index contributed by atoms with van der Waals surface area (Å²) in [5.41, 5.74) is 11.8. The number of hydrogen-bond acceptors (Lipinski definition) is 6. The van der Waals surface area contributed by atoms with E-state index in [1.807, 2.05) is 22.0 Å². The number of nitrogens with zero attached hydrogens (tertiary/aromatic N) is 5. The van der Waals surface area contributed by atoms with E-state index >= 15 is 0 Å². The van der Waals surface area contributed by atoms with Crippen molar-refractivity contribution < 1.29 is 0 Å². The van der Waals surface area contributed by atoms with Gasteiger partial charge < -0.3 is 5.73 Å². The van der Waals surface area contributed by atoms with Crippen LogP contribution in [0.4, 0.5) is 5.82 Å². The first kappa shape index (κ1) is 12.0. The van der Waals surface area contributed by atoms with Crippen LogP contribution in [0.25, 0.3) is 28.3 Å². The maximum Gasteiger partial charge on any atom is 0.155 e. The normalized spacial score (nSPS) is 11.0. The predicted octanol–water partition coefficient (Wildman–Crippen LogP) is 2.50. The highest BCUT2D eigenvalue weighted by Crippen LogP contribution is 2.23. The van der Waals surface area contributed by atoms with E-state index in [4.69, 9.17) is 5.73 Å². The van der Waals surface area contributed by atoms with E-state index in [1.54, 1.807) is 41.5 Å². The van der Waals surface area contributed by atoms with Gasteiger partial charge in [0.2, 0.25) is 0 Å². The molecular weight excluding hydrogens is 284 g/mol. The molecule has 0 radical (unpaired) electrons. The van der Waals surface area contributed by atoms with Gasteiger partial charge in [-0.3, -0.25) is 9.38 Å². The first-order valence-electron chi connectivity index (χ1n) is 6.25. The SMILES string of the molecule is Nc1ccc(-c2cn3c(-c4cscn4)cnc3cn2)cn1. The minimum Gasteiger partial charge on any atom is -0.384 e. The lowest BCUT2D eigenvalue weighted by molar-refractivity contribution is 1.12. The number of thiazole rings is 1. The summed E-state index contributed by atoms with van der Waals surface area (Å²) in [7, 11) is 0. The zero-order valence-corrected chi connectivity index (χ0v) is 11.7. The standard InChI is InChI=1S/C14H10N6S/c15-13-2-1-9(3-17-13)10-6-20-12(11-7-21-8-19-11)4-18-14(20)5-16-10/h1-8H,(H2,15,17). The summed E-state index contributed by atoms with van der Waals surface area (Å²) < 4.78 is 1.98. The van der Waals surface area contributed by atoms with Crippen molar-refractivity contribution in [2.45, 2.75) is 0 Å². The van der Waals surface area contributed by atoms with Crippen LogP contribution in [0.1, 0.15) is 0 Å². The molecule has 4 aromatic rings. The van der Waals surface area contributed by atoms with Crippen molar-refractivity contribution in [3.05, 3.63) is 47.8 Å². The second kappa shape index (κ2) is 4.64. The van der Waals surface area contributed by atoms with Crippen molar-refractivity contribution in [1.29, 1.82) is 0 Å². The Bertz CT molecular complexity index is 895. The summed E-state index contributed by atoms with van der Waals surface area (Å²) in [5.74, 6) is 0.491. The van der Waals surface area contributed by atoms with Gasteiger partial charge in [-0.2, -0.15) is 0 Å². The fourth-order valence-electron chi connectivity index (χ4n) is 2.12. The van der Waals surface area contributed by atoms with E-state index in [0.717, 1.165) is 28.3 Å². The molecule has 2 N–H and O–H groups in total. The van der Waals surface area contributed by atoms with Gasteiger partial charge in [-0.25, -0.2) is 15.0 Å². The maximum atomic E-state index is 5.61. The molecule has 102 valence electrons. The third-order valence-electron chi connectivity index (χ3n) is 3.17. The van der Waals surface area contributed by atoms with E-state index in [9.17, 15) is 0 Å². The molecule has 21 heavy (non-hydrogen) atoms. The minimum absolute atomic E-state index is 0.491. The van der Waals surface area contributed by atoms with Crippen molar-refractivity contribution in [1.82, 2.24) is 24.3 Å². The Morgan fingerprint density at radius 1 is 0.952 bits per heavy atom. The van der Waals surface area contributed by atoms with Crippen LogP contribution in [0, 0.1) is 0 Å². The van der Waals surface area contributed by atoms with E-state index in [2.05, 4.69) is 19.9 Å². The second-order valence-electron chi connectivity index (χ2n) is 4.49. The van der Waals surface area contributed by atoms with Crippen LogP contribution >= 0.6 is 11.3 Å². The first-order valence-corrected chi connectivity index (χ1v) is 7.19. The Labute approximate surface area is 124 Å². The molecule has 0 atom stereocenters. The number of nitrogens with two attached hydrogens (primary N) is 1. The van der Waals surface area contributed by atoms with Crippen LogP contribution < -0.4 is 5.73 Å². The molecule has 4 heterocycles. The highest BCUT2D eigenvalue weighted by molar-refractivity contribution is 7.07. The summed E-state index contributed by atoms with van der Waals surface area (Å²) in [6.45, 7) is 0. The van der Waals surface area contributed by atoms with Crippen LogP contribution in [0.5, 0.6) is 0 Å². The van der Waals surface area contributed by atoms with Gasteiger partial charge in [-0.15, -0.1) is 11.3 Å². The first-order chi connectivity index (χ1) is 10.3. The van der Waals surface area contributed by atoms with E-state index in [1.165, 1.54) is 0 Å². The number of hydrogen-bond donors (Lipinski definition) is 1. The molecule has 0 aliphatic heterocycles. The van der Waals surface area contributed by atoms with Gasteiger partial charge in [-0.05, 0) is 12.1 Å². The number of rotatable bonds is 2. The maximum absolute atomic E-state index is 5.61. The van der Waals surface area contributed by atoms with Crippen molar-refractivity contribution in [3.63, 3.8) is 0 Å². The fourth-order valence-corrected chi connectivity index (χ4v) is 2.67. The molecule has 4 rings (SSSR count). The average molecular weight is 294 g/mol. The third kappa shape index (κ3) is 2.03. The zero-order valence-electron chi connectivity index (χ0n) is 10.8. The van der Waals surface area contributed by atoms with Crippen LogP contribution in [-0.2, 0) is 0 Å². The fraction of sp³-hybridized carbons (Fsp3) is 0. The Balaban J connectivity index is 1.89. The summed E-state index contributed by atoms with van der Waals surface area (Å²) in [5, 5.41) is 1.99. The molecule has 0 aromatic carbocycles. The van der Waals surface area contributed by atoms with Gasteiger partial charge in [0.05, 0.1) is 35.0 Å². The highest BCUT2D eigenvalue weighted by Gasteiger charge is 2.09. The summed E-state index contributed by atoms with van der Waals surface area (Å²) in [4.78, 5) is 17.2. The van der Waals surface area contributed by atoms with Crippen LogP contribution in [0.15, 0.2) is 47.8 Å². The molecule has 0 fully saturated rings. The number of anilines is 1. The third-order valence-corrected chi connectivity index (χ3v) is 3.76. The number of pyridine rings is 1. The van der Waals surface area contributed by atoms with Crippen LogP contribution in [-0.4, -0.2) is 24.3 Å². The number of nitrogen functional groups attached to an aromatic ring is 1. The lowest BCUT2D eigenvalue weighted by Gasteiger charge is -2.03. The van der Waals surface area contributed by atoms with Gasteiger partial charge in [0, 0.05) is 23.3 Å². The Morgan fingerprint density at radius 2 is 1.90 bits per heavy atom. The lowest BCUT2D eigenvalue weighted by atomic mass is 10.2. The molecule has 0 saturated carbocycles. The molecule has 0 aliphatic carbocycles. The summed E-state index contributed by atoms with van der Waals surface area (Å²) >= 11 is 1.56. The lowest BCUT2D eigenvalue weighted by Crippen LogP contribution is -1.94. The molecule has 4 aromatic heterocycles. The summed E-state index contributed by atoms with van der Waals surface area (Å²) in [6.07, 6.45) is 7.19. The van der Waals surface area contributed by atoms with Gasteiger partial charge in [-0.1, -0.05) is 0 Å². The zero-order chi connectivity index (χ0) is 14.2. The Hall–Kier alpha value is -2.80. The van der Waals surface area contributed by atoms with Crippen molar-refractivity contribution in [3.8, 4) is 22.6 Å². The number of imidazole rings is 1. The predicted molar refractivity (Wildman–Crippen MR) is 81.7 cm³/mol. The summed E-state index contributed by atoms with van der Waals surface area (Å²) in [6, 6.07) is 3.66. The molecule has 7 heteroatoms. The molecule has 0 bridgehead atoms. The second-order valence-corrected chi connectivity index (χ2v) is 5.21. The van der Waals surface area contributed by atoms with Gasteiger partial charge in [0.1, 0.15) is 5.82 Å². The molecule has 0 aliphatic rings. The van der Waals surface area contributed by atoms with E-state index < -0.39 is 0 Å². The smallest absolute Gasteiger partial charge is 0.155 e. The Kier molecular flexibility index (Phi) is 2.65. The topological polar surface area (TPSA) is 82.0 Å². The van der Waals surface area contributed by atoms with Crippen LogP contribution in [0.2, 0.25) is 0 Å². The van der Waals surface area contributed by atoms with Gasteiger partial charge in [0.25, 0.3) is 0 Å². The molecule has 0 amide bonds.